The summed E-state index contributed by atoms with van der Waals surface area (Å²) in [6.45, 7) is 4.89. The van der Waals surface area contributed by atoms with Crippen LogP contribution in [0, 0.1) is 13.8 Å². The highest BCUT2D eigenvalue weighted by Gasteiger charge is 2.17. The first kappa shape index (κ1) is 19.4. The van der Waals surface area contributed by atoms with Crippen LogP contribution in [0.1, 0.15) is 32.5 Å². The Morgan fingerprint density at radius 3 is 2.76 bits per heavy atom. The number of hydrogen-bond donors (Lipinski definition) is 1. The van der Waals surface area contributed by atoms with Crippen molar-refractivity contribution in [1.29, 1.82) is 0 Å². The highest BCUT2D eigenvalue weighted by molar-refractivity contribution is 7.09. The molecule has 3 heterocycles. The van der Waals surface area contributed by atoms with Crippen molar-refractivity contribution in [3.8, 4) is 11.4 Å². The summed E-state index contributed by atoms with van der Waals surface area (Å²) in [6.07, 6.45) is 0. The zero-order valence-corrected chi connectivity index (χ0v) is 17.5. The first-order chi connectivity index (χ1) is 14.0. The number of benzene rings is 1. The lowest BCUT2D eigenvalue weighted by atomic mass is 10.2. The lowest BCUT2D eigenvalue weighted by Crippen LogP contribution is -2.23. The average Bonchev–Trinajstić information content (AvgIpc) is 3.45. The van der Waals surface area contributed by atoms with E-state index in [0.717, 1.165) is 23.5 Å². The molecule has 1 N–H and O–H groups in total. The maximum atomic E-state index is 12.7. The van der Waals surface area contributed by atoms with Crippen LogP contribution in [0.2, 0.25) is 5.02 Å². The van der Waals surface area contributed by atoms with Crippen LogP contribution in [-0.2, 0) is 13.1 Å². The zero-order chi connectivity index (χ0) is 20.4. The van der Waals surface area contributed by atoms with E-state index in [4.69, 9.17) is 16.1 Å². The number of carbonyl (C=O) groups excluding carboxylic acids is 1. The Labute approximate surface area is 177 Å². The minimum absolute atomic E-state index is 0.161. The number of carbonyl (C=O) groups is 1. The quantitative estimate of drug-likeness (QED) is 0.478. The van der Waals surface area contributed by atoms with Gasteiger partial charge in [0.15, 0.2) is 0 Å². The third-order valence-corrected chi connectivity index (χ3v) is 5.80. The van der Waals surface area contributed by atoms with E-state index in [-0.39, 0.29) is 12.5 Å². The normalized spacial score (nSPS) is 11.0. The highest BCUT2D eigenvalue weighted by Crippen LogP contribution is 2.20. The number of hydrogen-bond acceptors (Lipinski definition) is 5. The minimum atomic E-state index is -0.165. The van der Waals surface area contributed by atoms with E-state index >= 15 is 0 Å². The van der Waals surface area contributed by atoms with Gasteiger partial charge in [0, 0.05) is 26.9 Å². The summed E-state index contributed by atoms with van der Waals surface area (Å²) in [4.78, 5) is 18.3. The molecule has 8 heteroatoms. The third kappa shape index (κ3) is 4.26. The Balaban J connectivity index is 1.43. The topological polar surface area (TPSA) is 73.0 Å². The first-order valence-electron chi connectivity index (χ1n) is 9.07. The Morgan fingerprint density at radius 1 is 1.24 bits per heavy atom. The molecule has 0 saturated heterocycles. The van der Waals surface area contributed by atoms with Gasteiger partial charge in [0.2, 0.25) is 11.7 Å². The number of aryl methyl sites for hydroxylation is 1. The average molecular weight is 427 g/mol. The molecule has 0 spiro atoms. The van der Waals surface area contributed by atoms with Crippen molar-refractivity contribution in [3.63, 3.8) is 0 Å². The van der Waals surface area contributed by atoms with Crippen molar-refractivity contribution in [2.75, 3.05) is 0 Å². The van der Waals surface area contributed by atoms with Crippen LogP contribution in [0.15, 0.2) is 52.4 Å². The molecule has 148 valence electrons. The van der Waals surface area contributed by atoms with Gasteiger partial charge in [-0.1, -0.05) is 22.8 Å². The Bertz CT molecular complexity index is 1130. The molecule has 29 heavy (non-hydrogen) atoms. The van der Waals surface area contributed by atoms with Crippen LogP contribution in [0.5, 0.6) is 0 Å². The van der Waals surface area contributed by atoms with Crippen molar-refractivity contribution < 1.29 is 9.32 Å². The van der Waals surface area contributed by atoms with Gasteiger partial charge < -0.3 is 14.4 Å². The molecule has 0 radical (unpaired) electrons. The predicted molar refractivity (Wildman–Crippen MR) is 113 cm³/mol. The Hall–Kier alpha value is -2.90. The van der Waals surface area contributed by atoms with Gasteiger partial charge in [-0.15, -0.1) is 11.3 Å². The Kier molecular flexibility index (Phi) is 5.51. The number of aromatic nitrogens is 3. The van der Waals surface area contributed by atoms with E-state index in [0.29, 0.717) is 22.3 Å². The van der Waals surface area contributed by atoms with Crippen molar-refractivity contribution in [1.82, 2.24) is 20.0 Å². The molecular weight excluding hydrogens is 408 g/mol. The molecule has 3 aromatic heterocycles. The number of halogens is 1. The van der Waals surface area contributed by atoms with Crippen LogP contribution < -0.4 is 5.32 Å². The summed E-state index contributed by atoms with van der Waals surface area (Å²) in [5.41, 5.74) is 3.42. The zero-order valence-electron chi connectivity index (χ0n) is 16.0. The van der Waals surface area contributed by atoms with Gasteiger partial charge >= 0.3 is 0 Å². The number of amides is 1. The summed E-state index contributed by atoms with van der Waals surface area (Å²) < 4.78 is 7.40. The number of thiophene rings is 1. The maximum Gasteiger partial charge on any atom is 0.253 e. The van der Waals surface area contributed by atoms with Crippen molar-refractivity contribution in [3.05, 3.63) is 80.6 Å². The molecule has 4 rings (SSSR count). The molecule has 0 fully saturated rings. The summed E-state index contributed by atoms with van der Waals surface area (Å²) >= 11 is 7.60. The molecule has 0 atom stereocenters. The molecule has 6 nitrogen and oxygen atoms in total. The summed E-state index contributed by atoms with van der Waals surface area (Å²) in [6, 6.07) is 13.2. The number of rotatable bonds is 6. The van der Waals surface area contributed by atoms with E-state index in [9.17, 15) is 4.79 Å². The lowest BCUT2D eigenvalue weighted by Gasteiger charge is -2.08. The van der Waals surface area contributed by atoms with Gasteiger partial charge in [-0.25, -0.2) is 0 Å². The van der Waals surface area contributed by atoms with Crippen molar-refractivity contribution >= 4 is 28.8 Å². The van der Waals surface area contributed by atoms with Crippen LogP contribution in [-0.4, -0.2) is 20.6 Å². The van der Waals surface area contributed by atoms with E-state index < -0.39 is 0 Å². The maximum absolute atomic E-state index is 12.7. The molecule has 0 unspecified atom stereocenters. The van der Waals surface area contributed by atoms with Crippen LogP contribution in [0.25, 0.3) is 11.4 Å². The fourth-order valence-corrected chi connectivity index (χ4v) is 3.95. The molecule has 1 aromatic carbocycles. The van der Waals surface area contributed by atoms with Gasteiger partial charge in [-0.2, -0.15) is 4.98 Å². The van der Waals surface area contributed by atoms with Gasteiger partial charge in [-0.3, -0.25) is 4.79 Å². The van der Waals surface area contributed by atoms with Gasteiger partial charge in [0.05, 0.1) is 18.7 Å². The SMILES string of the molecule is Cc1cc(C(=O)NCc2nc(-c3ccc(Cl)cc3)no2)c(C)n1Cc1cccs1. The summed E-state index contributed by atoms with van der Waals surface area (Å²) in [5.74, 6) is 0.637. The molecule has 4 aromatic rings. The minimum Gasteiger partial charge on any atom is -0.343 e. The number of nitrogens with one attached hydrogen (secondary N) is 1. The Morgan fingerprint density at radius 2 is 2.03 bits per heavy atom. The largest absolute Gasteiger partial charge is 0.343 e. The third-order valence-electron chi connectivity index (χ3n) is 4.68. The standard InChI is InChI=1S/C21H19ClN4O2S/c1-13-10-18(14(2)26(13)12-17-4-3-9-29-17)21(27)23-11-19-24-20(25-28-19)15-5-7-16(22)8-6-15/h3-10H,11-12H2,1-2H3,(H,23,27). The molecule has 0 bridgehead atoms. The molecule has 0 aliphatic carbocycles. The van der Waals surface area contributed by atoms with Gasteiger partial charge in [0.25, 0.3) is 5.91 Å². The fourth-order valence-electron chi connectivity index (χ4n) is 3.13. The molecule has 1 amide bonds. The number of nitrogens with zero attached hydrogens (tertiary/aromatic N) is 3. The highest BCUT2D eigenvalue weighted by atomic mass is 35.5. The van der Waals surface area contributed by atoms with E-state index in [1.165, 1.54) is 4.88 Å². The predicted octanol–water partition coefficient (Wildman–Crippen LogP) is 4.85. The second-order valence-corrected chi connectivity index (χ2v) is 8.12. The monoisotopic (exact) mass is 426 g/mol. The van der Waals surface area contributed by atoms with Gasteiger partial charge in [-0.05, 0) is 55.6 Å². The van der Waals surface area contributed by atoms with E-state index in [2.05, 4.69) is 31.5 Å². The second-order valence-electron chi connectivity index (χ2n) is 6.65. The molecule has 0 aliphatic heterocycles. The molecule has 0 saturated carbocycles. The smallest absolute Gasteiger partial charge is 0.253 e. The fraction of sp³-hybridized carbons (Fsp3) is 0.190. The van der Waals surface area contributed by atoms with E-state index in [1.807, 2.05) is 38.1 Å². The van der Waals surface area contributed by atoms with E-state index in [1.54, 1.807) is 23.5 Å². The van der Waals surface area contributed by atoms with Crippen molar-refractivity contribution in [2.24, 2.45) is 0 Å². The van der Waals surface area contributed by atoms with Crippen LogP contribution in [0.3, 0.4) is 0 Å². The van der Waals surface area contributed by atoms with Gasteiger partial charge in [0.1, 0.15) is 0 Å². The summed E-state index contributed by atoms with van der Waals surface area (Å²) in [5, 5.41) is 9.52. The second kappa shape index (κ2) is 8.23. The first-order valence-corrected chi connectivity index (χ1v) is 10.3. The van der Waals surface area contributed by atoms with Crippen LogP contribution in [0.4, 0.5) is 0 Å². The molecular formula is C21H19ClN4O2S. The van der Waals surface area contributed by atoms with Crippen molar-refractivity contribution in [2.45, 2.75) is 26.9 Å². The lowest BCUT2D eigenvalue weighted by molar-refractivity contribution is 0.0945. The summed E-state index contributed by atoms with van der Waals surface area (Å²) in [7, 11) is 0. The molecule has 0 aliphatic rings. The van der Waals surface area contributed by atoms with Crippen LogP contribution >= 0.6 is 22.9 Å².